The van der Waals surface area contributed by atoms with E-state index in [1.807, 2.05) is 7.05 Å². The van der Waals surface area contributed by atoms with Gasteiger partial charge >= 0.3 is 0 Å². The maximum Gasteiger partial charge on any atom is 0.243 e. The monoisotopic (exact) mass is 385 g/mol. The number of anilines is 1. The molecule has 0 saturated carbocycles. The van der Waals surface area contributed by atoms with Crippen molar-refractivity contribution in [2.45, 2.75) is 65.0 Å². The van der Waals surface area contributed by atoms with E-state index in [1.54, 1.807) is 0 Å². The van der Waals surface area contributed by atoms with Crippen molar-refractivity contribution < 1.29 is 9.53 Å². The third kappa shape index (κ3) is 4.52. The van der Waals surface area contributed by atoms with Crippen LogP contribution >= 0.6 is 0 Å². The number of aromatic amines is 1. The molecule has 1 aliphatic rings. The third-order valence-electron chi connectivity index (χ3n) is 5.74. The van der Waals surface area contributed by atoms with Gasteiger partial charge in [-0.15, -0.1) is 0 Å². The fourth-order valence-corrected chi connectivity index (χ4v) is 4.33. The summed E-state index contributed by atoms with van der Waals surface area (Å²) in [5.41, 5.74) is 3.47. The van der Waals surface area contributed by atoms with Gasteiger partial charge in [-0.3, -0.25) is 4.79 Å². The lowest BCUT2D eigenvalue weighted by Crippen LogP contribution is -2.52. The van der Waals surface area contributed by atoms with Gasteiger partial charge in [0.25, 0.3) is 0 Å². The molecule has 5 heteroatoms. The van der Waals surface area contributed by atoms with Gasteiger partial charge in [0.05, 0.1) is 12.6 Å². The Hall–Kier alpha value is -2.01. The summed E-state index contributed by atoms with van der Waals surface area (Å²) in [5, 5.41) is 4.49. The highest BCUT2D eigenvalue weighted by Gasteiger charge is 2.31. The molecular weight excluding hydrogens is 350 g/mol. The highest BCUT2D eigenvalue weighted by molar-refractivity contribution is 5.98. The summed E-state index contributed by atoms with van der Waals surface area (Å²) in [6.07, 6.45) is 7.63. The minimum atomic E-state index is -0.210. The number of likely N-dealkylation sites (N-methyl/N-ethyl adjacent to an activating group) is 1. The molecule has 154 valence electrons. The number of nitrogens with one attached hydrogen (secondary N) is 2. The smallest absolute Gasteiger partial charge is 0.243 e. The molecule has 3 rings (SSSR count). The summed E-state index contributed by atoms with van der Waals surface area (Å²) < 4.78 is 5.95. The van der Waals surface area contributed by atoms with Crippen molar-refractivity contribution in [1.29, 1.82) is 0 Å². The summed E-state index contributed by atoms with van der Waals surface area (Å²) in [6.45, 7) is 7.75. The minimum Gasteiger partial charge on any atom is -0.379 e. The quantitative estimate of drug-likeness (QED) is 0.667. The number of nitrogens with zero attached hydrogens (tertiary/aromatic N) is 1. The second-order valence-electron chi connectivity index (χ2n) is 8.36. The van der Waals surface area contributed by atoms with Crippen LogP contribution < -0.4 is 10.2 Å². The third-order valence-corrected chi connectivity index (χ3v) is 5.74. The zero-order valence-electron chi connectivity index (χ0n) is 17.8. The second kappa shape index (κ2) is 9.46. The fraction of sp³-hybridized carbons (Fsp3) is 0.609. The van der Waals surface area contributed by atoms with Crippen LogP contribution in [0.15, 0.2) is 24.4 Å². The largest absolute Gasteiger partial charge is 0.379 e. The molecule has 2 N–H and O–H groups in total. The van der Waals surface area contributed by atoms with E-state index in [9.17, 15) is 4.79 Å². The SMILES string of the molecule is CCCCCCOC[C@@H]1Cc2c[nH]c3cccc(c23)N(C)[C@@H](C(C)C)C(=O)N1. The molecule has 2 heterocycles. The van der Waals surface area contributed by atoms with E-state index in [4.69, 9.17) is 4.74 Å². The number of carbonyl (C=O) groups is 1. The molecule has 0 fully saturated rings. The van der Waals surface area contributed by atoms with Crippen LogP contribution in [0.2, 0.25) is 0 Å². The van der Waals surface area contributed by atoms with E-state index in [0.29, 0.717) is 6.61 Å². The van der Waals surface area contributed by atoms with Gasteiger partial charge in [-0.05, 0) is 36.5 Å². The van der Waals surface area contributed by atoms with Crippen LogP contribution in [-0.2, 0) is 16.0 Å². The number of hydrogen-bond acceptors (Lipinski definition) is 3. The Morgan fingerprint density at radius 1 is 1.25 bits per heavy atom. The van der Waals surface area contributed by atoms with E-state index in [1.165, 1.54) is 30.2 Å². The maximum absolute atomic E-state index is 13.1. The van der Waals surface area contributed by atoms with E-state index in [-0.39, 0.29) is 23.9 Å². The van der Waals surface area contributed by atoms with Crippen molar-refractivity contribution >= 4 is 22.5 Å². The van der Waals surface area contributed by atoms with Gasteiger partial charge in [0.1, 0.15) is 6.04 Å². The molecule has 0 aliphatic carbocycles. The zero-order chi connectivity index (χ0) is 20.1. The van der Waals surface area contributed by atoms with Crippen molar-refractivity contribution in [3.05, 3.63) is 30.0 Å². The number of H-pyrrole nitrogens is 1. The zero-order valence-corrected chi connectivity index (χ0v) is 17.8. The molecule has 0 saturated heterocycles. The van der Waals surface area contributed by atoms with Crippen LogP contribution in [-0.4, -0.2) is 43.2 Å². The fourth-order valence-electron chi connectivity index (χ4n) is 4.33. The summed E-state index contributed by atoms with van der Waals surface area (Å²) in [6, 6.07) is 6.05. The van der Waals surface area contributed by atoms with E-state index < -0.39 is 0 Å². The second-order valence-corrected chi connectivity index (χ2v) is 8.36. The Labute approximate surface area is 168 Å². The molecule has 0 radical (unpaired) electrons. The summed E-state index contributed by atoms with van der Waals surface area (Å²) in [5.74, 6) is 0.291. The molecule has 2 atom stereocenters. The van der Waals surface area contributed by atoms with Crippen molar-refractivity contribution in [2.75, 3.05) is 25.2 Å². The molecule has 28 heavy (non-hydrogen) atoms. The molecule has 0 unspecified atom stereocenters. The Bertz CT molecular complexity index is 783. The van der Waals surface area contributed by atoms with Crippen LogP contribution in [0.4, 0.5) is 5.69 Å². The van der Waals surface area contributed by atoms with Crippen molar-refractivity contribution in [3.63, 3.8) is 0 Å². The van der Waals surface area contributed by atoms with Crippen molar-refractivity contribution in [2.24, 2.45) is 5.92 Å². The number of carbonyl (C=O) groups excluding carboxylic acids is 1. The molecule has 5 nitrogen and oxygen atoms in total. The minimum absolute atomic E-state index is 0.0153. The Morgan fingerprint density at radius 3 is 2.82 bits per heavy atom. The van der Waals surface area contributed by atoms with Gasteiger partial charge in [-0.25, -0.2) is 0 Å². The Kier molecular flexibility index (Phi) is 7.00. The van der Waals surface area contributed by atoms with Crippen LogP contribution in [0.3, 0.4) is 0 Å². The predicted molar refractivity (Wildman–Crippen MR) is 116 cm³/mol. The van der Waals surface area contributed by atoms with Crippen LogP contribution in [0.5, 0.6) is 0 Å². The number of aromatic nitrogens is 1. The maximum atomic E-state index is 13.1. The summed E-state index contributed by atoms with van der Waals surface area (Å²) in [4.78, 5) is 18.7. The number of ether oxygens (including phenoxy) is 1. The van der Waals surface area contributed by atoms with Crippen molar-refractivity contribution in [1.82, 2.24) is 10.3 Å². The lowest BCUT2D eigenvalue weighted by atomic mass is 10.0. The van der Waals surface area contributed by atoms with Crippen molar-refractivity contribution in [3.8, 4) is 0 Å². The molecular formula is C23H35N3O2. The first kappa shape index (κ1) is 20.7. The normalized spacial score (nSPS) is 20.2. The highest BCUT2D eigenvalue weighted by atomic mass is 16.5. The molecule has 0 bridgehead atoms. The number of unbranched alkanes of at least 4 members (excludes halogenated alkanes) is 3. The number of amides is 1. The Morgan fingerprint density at radius 2 is 2.07 bits per heavy atom. The topological polar surface area (TPSA) is 57.4 Å². The van der Waals surface area contributed by atoms with Gasteiger partial charge in [0.2, 0.25) is 5.91 Å². The lowest BCUT2D eigenvalue weighted by Gasteiger charge is -2.32. The first-order valence-corrected chi connectivity index (χ1v) is 10.7. The molecule has 1 aliphatic heterocycles. The van der Waals surface area contributed by atoms with Crippen LogP contribution in [0, 0.1) is 5.92 Å². The van der Waals surface area contributed by atoms with Gasteiger partial charge in [-0.1, -0.05) is 46.1 Å². The first-order valence-electron chi connectivity index (χ1n) is 10.7. The number of hydrogen-bond donors (Lipinski definition) is 2. The molecule has 1 aromatic heterocycles. The summed E-state index contributed by atoms with van der Waals surface area (Å²) >= 11 is 0. The highest BCUT2D eigenvalue weighted by Crippen LogP contribution is 2.33. The van der Waals surface area contributed by atoms with E-state index in [2.05, 4.69) is 60.4 Å². The van der Waals surface area contributed by atoms with Gasteiger partial charge in [0.15, 0.2) is 0 Å². The average molecular weight is 386 g/mol. The lowest BCUT2D eigenvalue weighted by molar-refractivity contribution is -0.124. The number of benzene rings is 1. The van der Waals surface area contributed by atoms with Crippen LogP contribution in [0.25, 0.3) is 10.9 Å². The van der Waals surface area contributed by atoms with E-state index >= 15 is 0 Å². The summed E-state index contributed by atoms with van der Waals surface area (Å²) in [7, 11) is 2.03. The van der Waals surface area contributed by atoms with E-state index in [0.717, 1.165) is 30.7 Å². The molecule has 2 aromatic rings. The molecule has 0 spiro atoms. The van der Waals surface area contributed by atoms with Gasteiger partial charge in [0, 0.05) is 36.4 Å². The van der Waals surface area contributed by atoms with Gasteiger partial charge < -0.3 is 19.9 Å². The molecule has 1 aromatic carbocycles. The number of rotatable bonds is 8. The van der Waals surface area contributed by atoms with Gasteiger partial charge in [-0.2, -0.15) is 0 Å². The average Bonchev–Trinajstić information content (AvgIpc) is 3.07. The Balaban J connectivity index is 1.83. The first-order chi connectivity index (χ1) is 13.5. The standard InChI is InChI=1S/C23H35N3O2/c1-5-6-7-8-12-28-15-18-13-17-14-24-19-10-9-11-20(21(17)19)26(4)22(16(2)3)23(27)25-18/h9-11,14,16,18,22,24H,5-8,12-13,15H2,1-4H3,(H,25,27)/t18-,22-/m0/s1. The predicted octanol–water partition coefficient (Wildman–Crippen LogP) is 4.27. The van der Waals surface area contributed by atoms with Crippen LogP contribution in [0.1, 0.15) is 52.0 Å². The molecule has 1 amide bonds.